The van der Waals surface area contributed by atoms with Crippen LogP contribution in [0.1, 0.15) is 53.4 Å². The highest BCUT2D eigenvalue weighted by atomic mass is 15.3. The smallest absolute Gasteiger partial charge is 0.0125 e. The third-order valence-electron chi connectivity index (χ3n) is 4.14. The summed E-state index contributed by atoms with van der Waals surface area (Å²) in [7, 11) is 0. The van der Waals surface area contributed by atoms with Crippen molar-refractivity contribution in [2.24, 2.45) is 11.3 Å². The topological polar surface area (TPSA) is 3.24 Å². The summed E-state index contributed by atoms with van der Waals surface area (Å²) in [4.78, 5) is 2.63. The quantitative estimate of drug-likeness (QED) is 0.653. The molecule has 1 spiro atoms. The van der Waals surface area contributed by atoms with Crippen LogP contribution >= 0.6 is 0 Å². The highest BCUT2D eigenvalue weighted by Crippen LogP contribution is 2.54. The van der Waals surface area contributed by atoms with Gasteiger partial charge in [0.1, 0.15) is 0 Å². The van der Waals surface area contributed by atoms with Crippen molar-refractivity contribution in [1.82, 2.24) is 4.90 Å². The van der Waals surface area contributed by atoms with Crippen molar-refractivity contribution >= 4 is 0 Å². The summed E-state index contributed by atoms with van der Waals surface area (Å²) in [5, 5.41) is 0. The van der Waals surface area contributed by atoms with E-state index in [4.69, 9.17) is 0 Å². The van der Waals surface area contributed by atoms with Crippen LogP contribution in [0.4, 0.5) is 0 Å². The molecule has 0 aromatic rings. The molecule has 1 heteroatoms. The van der Waals surface area contributed by atoms with Gasteiger partial charge in [-0.1, -0.05) is 19.8 Å². The number of likely N-dealkylation sites (tertiary alicyclic amines) is 1. The summed E-state index contributed by atoms with van der Waals surface area (Å²) in [6, 6.07) is 0. The van der Waals surface area contributed by atoms with Gasteiger partial charge >= 0.3 is 0 Å². The van der Waals surface area contributed by atoms with Crippen LogP contribution < -0.4 is 0 Å². The van der Waals surface area contributed by atoms with Gasteiger partial charge in [0, 0.05) is 18.6 Å². The molecule has 1 aliphatic carbocycles. The van der Waals surface area contributed by atoms with Gasteiger partial charge in [0.25, 0.3) is 0 Å². The van der Waals surface area contributed by atoms with Crippen molar-refractivity contribution in [3.05, 3.63) is 0 Å². The number of nitrogens with zero attached hydrogens (tertiary/aromatic N) is 1. The maximum Gasteiger partial charge on any atom is 0.0125 e. The largest absolute Gasteiger partial charge is 0.297 e. The monoisotopic (exact) mass is 195 g/mol. The highest BCUT2D eigenvalue weighted by molar-refractivity contribution is 5.06. The molecule has 0 bridgehead atoms. The molecule has 2 aliphatic rings. The van der Waals surface area contributed by atoms with E-state index in [0.717, 1.165) is 11.3 Å². The molecule has 14 heavy (non-hydrogen) atoms. The second-order valence-electron chi connectivity index (χ2n) is 6.59. The van der Waals surface area contributed by atoms with E-state index in [1.54, 1.807) is 0 Å². The molecule has 0 unspecified atom stereocenters. The maximum atomic E-state index is 2.63. The van der Waals surface area contributed by atoms with Crippen molar-refractivity contribution in [2.75, 3.05) is 13.1 Å². The van der Waals surface area contributed by atoms with Crippen molar-refractivity contribution in [3.8, 4) is 0 Å². The lowest BCUT2D eigenvalue weighted by atomic mass is 9.56. The van der Waals surface area contributed by atoms with Gasteiger partial charge in [-0.25, -0.2) is 0 Å². The van der Waals surface area contributed by atoms with Crippen molar-refractivity contribution in [2.45, 2.75) is 58.9 Å². The van der Waals surface area contributed by atoms with E-state index in [1.165, 1.54) is 38.8 Å². The van der Waals surface area contributed by atoms with Gasteiger partial charge in [-0.2, -0.15) is 0 Å². The Balaban J connectivity index is 1.74. The first kappa shape index (κ1) is 10.5. The van der Waals surface area contributed by atoms with Crippen LogP contribution in [0, 0.1) is 11.3 Å². The lowest BCUT2D eigenvalue weighted by Gasteiger charge is -2.63. The minimum absolute atomic E-state index is 0.404. The number of rotatable bonds is 2. The van der Waals surface area contributed by atoms with Crippen LogP contribution in [0.3, 0.4) is 0 Å². The van der Waals surface area contributed by atoms with Crippen molar-refractivity contribution in [3.63, 3.8) is 0 Å². The van der Waals surface area contributed by atoms with Gasteiger partial charge in [0.05, 0.1) is 0 Å². The Bertz CT molecular complexity index is 200. The fraction of sp³-hybridized carbons (Fsp3) is 1.00. The molecule has 0 radical (unpaired) electrons. The SMILES string of the molecule is CCCC1CC2(C1)CN(C(C)(C)C)C2. The first-order chi connectivity index (χ1) is 6.45. The minimum Gasteiger partial charge on any atom is -0.297 e. The van der Waals surface area contributed by atoms with Gasteiger partial charge in [-0.15, -0.1) is 0 Å². The molecule has 82 valence electrons. The Labute approximate surface area is 88.9 Å². The molecule has 1 saturated heterocycles. The molecule has 2 fully saturated rings. The molecule has 0 amide bonds. The van der Waals surface area contributed by atoms with Crippen molar-refractivity contribution in [1.29, 1.82) is 0 Å². The summed E-state index contributed by atoms with van der Waals surface area (Å²) >= 11 is 0. The zero-order chi connectivity index (χ0) is 10.4. The van der Waals surface area contributed by atoms with Crippen LogP contribution in [0.25, 0.3) is 0 Å². The normalized spacial score (nSPS) is 27.4. The Morgan fingerprint density at radius 1 is 1.21 bits per heavy atom. The molecule has 1 saturated carbocycles. The lowest BCUT2D eigenvalue weighted by molar-refractivity contribution is -0.131. The molecular weight excluding hydrogens is 170 g/mol. The van der Waals surface area contributed by atoms with Crippen LogP contribution in [-0.4, -0.2) is 23.5 Å². The van der Waals surface area contributed by atoms with E-state index < -0.39 is 0 Å². The second-order valence-corrected chi connectivity index (χ2v) is 6.59. The second kappa shape index (κ2) is 3.23. The van der Waals surface area contributed by atoms with E-state index in [0.29, 0.717) is 5.54 Å². The summed E-state index contributed by atoms with van der Waals surface area (Å²) < 4.78 is 0. The molecule has 1 nitrogen and oxygen atoms in total. The average molecular weight is 195 g/mol. The average Bonchev–Trinajstić information content (AvgIpc) is 1.88. The molecule has 0 atom stereocenters. The Morgan fingerprint density at radius 2 is 1.79 bits per heavy atom. The predicted octanol–water partition coefficient (Wildman–Crippen LogP) is 3.30. The van der Waals surface area contributed by atoms with E-state index in [-0.39, 0.29) is 0 Å². The summed E-state index contributed by atoms with van der Waals surface area (Å²) in [5.74, 6) is 1.07. The maximum absolute atomic E-state index is 2.63. The van der Waals surface area contributed by atoms with E-state index in [1.807, 2.05) is 0 Å². The van der Waals surface area contributed by atoms with Gasteiger partial charge in [-0.05, 0) is 44.9 Å². The molecule has 2 rings (SSSR count). The Morgan fingerprint density at radius 3 is 2.21 bits per heavy atom. The fourth-order valence-electron chi connectivity index (χ4n) is 3.27. The first-order valence-corrected chi connectivity index (χ1v) is 6.20. The van der Waals surface area contributed by atoms with Gasteiger partial charge in [0.15, 0.2) is 0 Å². The predicted molar refractivity (Wildman–Crippen MR) is 61.4 cm³/mol. The Hall–Kier alpha value is -0.0400. The standard InChI is InChI=1S/C13H25N/c1-5-6-11-7-13(8-11)9-14(10-13)12(2,3)4/h11H,5-10H2,1-4H3. The zero-order valence-electron chi connectivity index (χ0n) is 10.3. The van der Waals surface area contributed by atoms with Crippen LogP contribution in [0.2, 0.25) is 0 Å². The third-order valence-corrected chi connectivity index (χ3v) is 4.14. The van der Waals surface area contributed by atoms with Gasteiger partial charge in [-0.3, -0.25) is 4.90 Å². The first-order valence-electron chi connectivity index (χ1n) is 6.20. The summed E-state index contributed by atoms with van der Waals surface area (Å²) in [6.07, 6.45) is 5.89. The number of hydrogen-bond acceptors (Lipinski definition) is 1. The van der Waals surface area contributed by atoms with Gasteiger partial charge in [0.2, 0.25) is 0 Å². The minimum atomic E-state index is 0.404. The zero-order valence-corrected chi connectivity index (χ0v) is 10.3. The van der Waals surface area contributed by atoms with Crippen LogP contribution in [0.15, 0.2) is 0 Å². The van der Waals surface area contributed by atoms with Crippen LogP contribution in [-0.2, 0) is 0 Å². The van der Waals surface area contributed by atoms with E-state index in [9.17, 15) is 0 Å². The van der Waals surface area contributed by atoms with Gasteiger partial charge < -0.3 is 0 Å². The Kier molecular flexibility index (Phi) is 2.42. The van der Waals surface area contributed by atoms with E-state index >= 15 is 0 Å². The lowest BCUT2D eigenvalue weighted by Crippen LogP contribution is -2.66. The molecule has 1 heterocycles. The fourth-order valence-corrected chi connectivity index (χ4v) is 3.27. The van der Waals surface area contributed by atoms with Crippen LogP contribution in [0.5, 0.6) is 0 Å². The van der Waals surface area contributed by atoms with Crippen molar-refractivity contribution < 1.29 is 0 Å². The third kappa shape index (κ3) is 1.71. The summed E-state index contributed by atoms with van der Waals surface area (Å²) in [5.41, 5.74) is 1.17. The molecule has 0 N–H and O–H groups in total. The molecule has 0 aromatic heterocycles. The highest BCUT2D eigenvalue weighted by Gasteiger charge is 2.53. The summed E-state index contributed by atoms with van der Waals surface area (Å²) in [6.45, 7) is 12.1. The molecular formula is C13H25N. The number of hydrogen-bond donors (Lipinski definition) is 0. The van der Waals surface area contributed by atoms with E-state index in [2.05, 4.69) is 32.6 Å². The molecule has 1 aliphatic heterocycles. The molecule has 0 aromatic carbocycles.